The predicted octanol–water partition coefficient (Wildman–Crippen LogP) is 4.02. The first-order chi connectivity index (χ1) is 14.8. The van der Waals surface area contributed by atoms with Gasteiger partial charge in [0.2, 0.25) is 5.91 Å². The highest BCUT2D eigenvalue weighted by molar-refractivity contribution is 5.94. The number of pyridine rings is 1. The summed E-state index contributed by atoms with van der Waals surface area (Å²) in [5.41, 5.74) is 3.45. The van der Waals surface area contributed by atoms with Crippen LogP contribution in [-0.4, -0.2) is 39.2 Å². The molecule has 0 radical (unpaired) electrons. The minimum atomic E-state index is -0.327. The highest BCUT2D eigenvalue weighted by Gasteiger charge is 2.30. The van der Waals surface area contributed by atoms with Gasteiger partial charge in [0.1, 0.15) is 5.65 Å². The lowest BCUT2D eigenvalue weighted by Crippen LogP contribution is -2.43. The highest BCUT2D eigenvalue weighted by Crippen LogP contribution is 2.30. The van der Waals surface area contributed by atoms with Crippen molar-refractivity contribution >= 4 is 17.5 Å². The van der Waals surface area contributed by atoms with Crippen LogP contribution in [0.25, 0.3) is 5.65 Å². The Kier molecular flexibility index (Phi) is 5.81. The zero-order chi connectivity index (χ0) is 22.0. The summed E-state index contributed by atoms with van der Waals surface area (Å²) in [6.07, 6.45) is 7.52. The summed E-state index contributed by atoms with van der Waals surface area (Å²) in [5, 5.41) is 2.98. The maximum Gasteiger partial charge on any atom is 0.251 e. The fraction of sp³-hybridized carbons (Fsp3) is 0.400. The van der Waals surface area contributed by atoms with Crippen molar-refractivity contribution in [3.05, 3.63) is 71.7 Å². The normalized spacial score (nSPS) is 15.3. The molecule has 0 aliphatic carbocycles. The van der Waals surface area contributed by atoms with Crippen LogP contribution < -0.4 is 5.32 Å². The van der Waals surface area contributed by atoms with Gasteiger partial charge in [0.05, 0.1) is 0 Å². The summed E-state index contributed by atoms with van der Waals surface area (Å²) < 4.78 is 1.94. The third-order valence-corrected chi connectivity index (χ3v) is 5.98. The van der Waals surface area contributed by atoms with E-state index < -0.39 is 0 Å². The van der Waals surface area contributed by atoms with E-state index in [0.717, 1.165) is 37.1 Å². The average molecular weight is 419 g/mol. The topological polar surface area (TPSA) is 66.7 Å². The van der Waals surface area contributed by atoms with Crippen LogP contribution >= 0.6 is 0 Å². The Morgan fingerprint density at radius 3 is 2.45 bits per heavy atom. The third kappa shape index (κ3) is 4.79. The van der Waals surface area contributed by atoms with Crippen molar-refractivity contribution < 1.29 is 9.59 Å². The molecule has 3 aromatic rings. The zero-order valence-corrected chi connectivity index (χ0v) is 18.5. The van der Waals surface area contributed by atoms with Gasteiger partial charge in [-0.25, -0.2) is 4.98 Å². The molecule has 0 atom stereocenters. The molecule has 4 rings (SSSR count). The van der Waals surface area contributed by atoms with Crippen LogP contribution in [0.5, 0.6) is 0 Å². The number of fused-ring (bicyclic) bond motifs is 1. The molecule has 1 aliphatic rings. The Morgan fingerprint density at radius 2 is 1.77 bits per heavy atom. The van der Waals surface area contributed by atoms with Gasteiger partial charge in [-0.1, -0.05) is 32.9 Å². The predicted molar refractivity (Wildman–Crippen MR) is 121 cm³/mol. The van der Waals surface area contributed by atoms with Crippen LogP contribution in [0.15, 0.2) is 55.0 Å². The van der Waals surface area contributed by atoms with Crippen molar-refractivity contribution in [2.45, 2.75) is 46.1 Å². The van der Waals surface area contributed by atoms with Crippen molar-refractivity contribution in [3.8, 4) is 0 Å². The van der Waals surface area contributed by atoms with Gasteiger partial charge in [-0.3, -0.25) is 9.59 Å². The van der Waals surface area contributed by atoms with E-state index in [1.54, 1.807) is 6.20 Å². The van der Waals surface area contributed by atoms with E-state index in [1.807, 2.05) is 66.7 Å². The molecule has 2 amide bonds. The maximum atomic E-state index is 12.6. The van der Waals surface area contributed by atoms with Crippen LogP contribution in [0.3, 0.4) is 0 Å². The number of nitrogens with one attached hydrogen (secondary N) is 1. The lowest BCUT2D eigenvalue weighted by molar-refractivity contribution is -0.140. The fourth-order valence-corrected chi connectivity index (χ4v) is 4.14. The molecular weight excluding hydrogens is 388 g/mol. The van der Waals surface area contributed by atoms with E-state index in [4.69, 9.17) is 0 Å². The standard InChI is InChI=1S/C25H30N4O2/c1-25(2,3)24(31)29-13-9-20(10-14-29)19-4-6-21(7-5-19)23(30)27-17-18-8-12-28-15-11-26-22(28)16-18/h4-8,11-12,15-16,20H,9-10,13-14,17H2,1-3H3,(H,27,30). The Morgan fingerprint density at radius 1 is 1.06 bits per heavy atom. The molecule has 1 N–H and O–H groups in total. The van der Waals surface area contributed by atoms with Gasteiger partial charge in [-0.15, -0.1) is 0 Å². The molecular formula is C25H30N4O2. The summed E-state index contributed by atoms with van der Waals surface area (Å²) in [6, 6.07) is 11.9. The molecule has 2 aromatic heterocycles. The number of piperidine rings is 1. The van der Waals surface area contributed by atoms with E-state index >= 15 is 0 Å². The molecule has 0 unspecified atom stereocenters. The number of carbonyl (C=O) groups excluding carboxylic acids is 2. The monoisotopic (exact) mass is 418 g/mol. The minimum Gasteiger partial charge on any atom is -0.348 e. The number of hydrogen-bond acceptors (Lipinski definition) is 3. The summed E-state index contributed by atoms with van der Waals surface area (Å²) in [6.45, 7) is 7.97. The second-order valence-electron chi connectivity index (χ2n) is 9.35. The van der Waals surface area contributed by atoms with Crippen molar-refractivity contribution in [1.82, 2.24) is 19.6 Å². The number of amides is 2. The van der Waals surface area contributed by atoms with E-state index in [1.165, 1.54) is 5.56 Å². The van der Waals surface area contributed by atoms with E-state index in [-0.39, 0.29) is 17.2 Å². The van der Waals surface area contributed by atoms with Gasteiger partial charge in [-0.2, -0.15) is 0 Å². The minimum absolute atomic E-state index is 0.0830. The summed E-state index contributed by atoms with van der Waals surface area (Å²) in [4.78, 5) is 31.3. The molecule has 0 saturated carbocycles. The Labute approximate surface area is 183 Å². The van der Waals surface area contributed by atoms with E-state index in [0.29, 0.717) is 18.0 Å². The largest absolute Gasteiger partial charge is 0.348 e. The van der Waals surface area contributed by atoms with E-state index in [2.05, 4.69) is 22.4 Å². The van der Waals surface area contributed by atoms with Gasteiger partial charge in [0, 0.05) is 49.2 Å². The molecule has 1 saturated heterocycles. The number of rotatable bonds is 4. The molecule has 0 bridgehead atoms. The molecule has 162 valence electrons. The van der Waals surface area contributed by atoms with Crippen LogP contribution in [0.4, 0.5) is 0 Å². The van der Waals surface area contributed by atoms with Crippen LogP contribution in [0.1, 0.15) is 61.0 Å². The van der Waals surface area contributed by atoms with Gasteiger partial charge < -0.3 is 14.6 Å². The Balaban J connectivity index is 1.31. The van der Waals surface area contributed by atoms with Crippen molar-refractivity contribution in [2.24, 2.45) is 5.41 Å². The Bertz CT molecular complexity index is 1070. The van der Waals surface area contributed by atoms with Gasteiger partial charge in [0.15, 0.2) is 0 Å². The maximum absolute atomic E-state index is 12.6. The number of likely N-dealkylation sites (tertiary alicyclic amines) is 1. The number of aromatic nitrogens is 2. The van der Waals surface area contributed by atoms with Crippen molar-refractivity contribution in [2.75, 3.05) is 13.1 Å². The first-order valence-electron chi connectivity index (χ1n) is 10.9. The number of carbonyl (C=O) groups is 2. The first-order valence-corrected chi connectivity index (χ1v) is 10.9. The lowest BCUT2D eigenvalue weighted by Gasteiger charge is -2.36. The van der Waals surface area contributed by atoms with Crippen LogP contribution in [0.2, 0.25) is 0 Å². The second-order valence-corrected chi connectivity index (χ2v) is 9.35. The number of hydrogen-bond donors (Lipinski definition) is 1. The quantitative estimate of drug-likeness (QED) is 0.696. The number of imidazole rings is 1. The van der Waals surface area contributed by atoms with Gasteiger partial charge in [-0.05, 0) is 54.2 Å². The van der Waals surface area contributed by atoms with Crippen LogP contribution in [0, 0.1) is 5.41 Å². The summed E-state index contributed by atoms with van der Waals surface area (Å²) in [5.74, 6) is 0.577. The molecule has 1 aliphatic heterocycles. The molecule has 1 aromatic carbocycles. The van der Waals surface area contributed by atoms with Gasteiger partial charge >= 0.3 is 0 Å². The third-order valence-electron chi connectivity index (χ3n) is 5.98. The smallest absolute Gasteiger partial charge is 0.251 e. The molecule has 31 heavy (non-hydrogen) atoms. The summed E-state index contributed by atoms with van der Waals surface area (Å²) >= 11 is 0. The number of nitrogens with zero attached hydrogens (tertiary/aromatic N) is 3. The van der Waals surface area contributed by atoms with Crippen molar-refractivity contribution in [1.29, 1.82) is 0 Å². The van der Waals surface area contributed by atoms with E-state index in [9.17, 15) is 9.59 Å². The second kappa shape index (κ2) is 8.53. The zero-order valence-electron chi connectivity index (χ0n) is 18.5. The molecule has 3 heterocycles. The molecule has 6 nitrogen and oxygen atoms in total. The first kappa shape index (κ1) is 21.1. The lowest BCUT2D eigenvalue weighted by atomic mass is 9.87. The Hall–Kier alpha value is -3.15. The van der Waals surface area contributed by atoms with Crippen LogP contribution in [-0.2, 0) is 11.3 Å². The molecule has 1 fully saturated rings. The summed E-state index contributed by atoms with van der Waals surface area (Å²) in [7, 11) is 0. The molecule has 0 spiro atoms. The SMILES string of the molecule is CC(C)(C)C(=O)N1CCC(c2ccc(C(=O)NCc3ccn4ccnc4c3)cc2)CC1. The highest BCUT2D eigenvalue weighted by atomic mass is 16.2. The molecule has 6 heteroatoms. The van der Waals surface area contributed by atoms with Crippen molar-refractivity contribution in [3.63, 3.8) is 0 Å². The number of benzene rings is 1. The average Bonchev–Trinajstić information content (AvgIpc) is 3.24. The fourth-order valence-electron chi connectivity index (χ4n) is 4.14. The van der Waals surface area contributed by atoms with Gasteiger partial charge in [0.25, 0.3) is 5.91 Å².